The smallest absolute Gasteiger partial charge is 0.0590 e. The van der Waals surface area contributed by atoms with E-state index in [0.717, 1.165) is 25.7 Å². The second-order valence-corrected chi connectivity index (χ2v) is 4.28. The summed E-state index contributed by atoms with van der Waals surface area (Å²) in [7, 11) is 0. The summed E-state index contributed by atoms with van der Waals surface area (Å²) < 4.78 is 5.29. The Labute approximate surface area is 94.2 Å². The Kier molecular flexibility index (Phi) is 6.98. The van der Waals surface area contributed by atoms with Crippen LogP contribution >= 0.6 is 0 Å². The third-order valence-corrected chi connectivity index (χ3v) is 3.21. The maximum absolute atomic E-state index is 5.29. The Hall–Kier alpha value is -0.120. The van der Waals surface area contributed by atoms with Gasteiger partial charge in [0.15, 0.2) is 0 Å². The van der Waals surface area contributed by atoms with E-state index < -0.39 is 0 Å². The molecule has 1 rings (SSSR count). The van der Waals surface area contributed by atoms with Gasteiger partial charge in [-0.25, -0.2) is 0 Å². The summed E-state index contributed by atoms with van der Waals surface area (Å²) in [6.07, 6.45) is 2.71. The van der Waals surface area contributed by atoms with Crippen LogP contribution in [-0.2, 0) is 4.74 Å². The zero-order valence-corrected chi connectivity index (χ0v) is 10.3. The van der Waals surface area contributed by atoms with E-state index >= 15 is 0 Å². The second-order valence-electron chi connectivity index (χ2n) is 4.28. The van der Waals surface area contributed by atoms with Crippen molar-refractivity contribution in [2.75, 3.05) is 45.9 Å². The topological polar surface area (TPSA) is 24.5 Å². The monoisotopic (exact) mass is 214 g/mol. The molecule has 0 atom stereocenters. The third kappa shape index (κ3) is 5.50. The van der Waals surface area contributed by atoms with Crippen LogP contribution in [0.1, 0.15) is 26.7 Å². The van der Waals surface area contributed by atoms with E-state index in [-0.39, 0.29) is 0 Å². The SMILES string of the molecule is CCOCCNCC1CCN(CC)CC1. The van der Waals surface area contributed by atoms with Gasteiger partial charge in [0.25, 0.3) is 0 Å². The molecule has 15 heavy (non-hydrogen) atoms. The van der Waals surface area contributed by atoms with Crippen molar-refractivity contribution in [3.8, 4) is 0 Å². The molecule has 90 valence electrons. The Morgan fingerprint density at radius 1 is 1.27 bits per heavy atom. The fraction of sp³-hybridized carbons (Fsp3) is 1.00. The van der Waals surface area contributed by atoms with Crippen molar-refractivity contribution in [3.63, 3.8) is 0 Å². The molecule has 0 saturated carbocycles. The lowest BCUT2D eigenvalue weighted by Crippen LogP contribution is -2.37. The number of hydrogen-bond acceptors (Lipinski definition) is 3. The molecule has 0 aromatic carbocycles. The predicted molar refractivity (Wildman–Crippen MR) is 64.2 cm³/mol. The second kappa shape index (κ2) is 8.08. The van der Waals surface area contributed by atoms with E-state index in [0.29, 0.717) is 0 Å². The van der Waals surface area contributed by atoms with Gasteiger partial charge < -0.3 is 15.0 Å². The Morgan fingerprint density at radius 3 is 2.60 bits per heavy atom. The van der Waals surface area contributed by atoms with Crippen LogP contribution in [0.5, 0.6) is 0 Å². The molecule has 0 aliphatic carbocycles. The molecule has 0 aromatic rings. The van der Waals surface area contributed by atoms with Gasteiger partial charge in [-0.2, -0.15) is 0 Å². The van der Waals surface area contributed by atoms with E-state index in [2.05, 4.69) is 17.1 Å². The predicted octanol–water partition coefficient (Wildman–Crippen LogP) is 1.34. The molecule has 0 radical (unpaired) electrons. The molecule has 3 heteroatoms. The van der Waals surface area contributed by atoms with Gasteiger partial charge in [-0.05, 0) is 51.9 Å². The zero-order valence-electron chi connectivity index (χ0n) is 10.3. The lowest BCUT2D eigenvalue weighted by Gasteiger charge is -2.31. The minimum atomic E-state index is 0.830. The average molecular weight is 214 g/mol. The number of nitrogens with zero attached hydrogens (tertiary/aromatic N) is 1. The van der Waals surface area contributed by atoms with Gasteiger partial charge in [-0.15, -0.1) is 0 Å². The molecule has 0 amide bonds. The van der Waals surface area contributed by atoms with Crippen molar-refractivity contribution < 1.29 is 4.74 Å². The Morgan fingerprint density at radius 2 is 2.00 bits per heavy atom. The van der Waals surface area contributed by atoms with Gasteiger partial charge in [0.2, 0.25) is 0 Å². The van der Waals surface area contributed by atoms with Crippen molar-refractivity contribution in [2.24, 2.45) is 5.92 Å². The maximum Gasteiger partial charge on any atom is 0.0590 e. The van der Waals surface area contributed by atoms with Crippen LogP contribution in [0.3, 0.4) is 0 Å². The van der Waals surface area contributed by atoms with E-state index in [1.807, 2.05) is 6.92 Å². The van der Waals surface area contributed by atoms with E-state index in [4.69, 9.17) is 4.74 Å². The first-order chi connectivity index (χ1) is 7.36. The van der Waals surface area contributed by atoms with Crippen LogP contribution in [0.4, 0.5) is 0 Å². The van der Waals surface area contributed by atoms with Crippen LogP contribution in [-0.4, -0.2) is 50.8 Å². The highest BCUT2D eigenvalue weighted by Gasteiger charge is 2.17. The lowest BCUT2D eigenvalue weighted by molar-refractivity contribution is 0.144. The highest BCUT2D eigenvalue weighted by atomic mass is 16.5. The number of rotatable bonds is 7. The van der Waals surface area contributed by atoms with E-state index in [1.54, 1.807) is 0 Å². The van der Waals surface area contributed by atoms with E-state index in [1.165, 1.54) is 39.0 Å². The first kappa shape index (κ1) is 12.9. The summed E-state index contributed by atoms with van der Waals surface area (Å²) in [6, 6.07) is 0. The Bertz CT molecular complexity index is 145. The summed E-state index contributed by atoms with van der Waals surface area (Å²) in [5.41, 5.74) is 0. The number of likely N-dealkylation sites (tertiary alicyclic amines) is 1. The summed E-state index contributed by atoms with van der Waals surface area (Å²) >= 11 is 0. The fourth-order valence-electron chi connectivity index (χ4n) is 2.10. The molecule has 1 N–H and O–H groups in total. The number of ether oxygens (including phenoxy) is 1. The molecule has 1 aliphatic rings. The van der Waals surface area contributed by atoms with Crippen molar-refractivity contribution in [3.05, 3.63) is 0 Å². The van der Waals surface area contributed by atoms with Crippen LogP contribution < -0.4 is 5.32 Å². The summed E-state index contributed by atoms with van der Waals surface area (Å²) in [5.74, 6) is 0.884. The third-order valence-electron chi connectivity index (χ3n) is 3.21. The van der Waals surface area contributed by atoms with E-state index in [9.17, 15) is 0 Å². The molecule has 1 aliphatic heterocycles. The number of piperidine rings is 1. The molecule has 1 fully saturated rings. The molecule has 3 nitrogen and oxygen atoms in total. The average Bonchev–Trinajstić information content (AvgIpc) is 2.30. The molecular weight excluding hydrogens is 188 g/mol. The normalized spacial score (nSPS) is 19.6. The first-order valence-electron chi connectivity index (χ1n) is 6.37. The van der Waals surface area contributed by atoms with Gasteiger partial charge >= 0.3 is 0 Å². The lowest BCUT2D eigenvalue weighted by atomic mass is 9.97. The number of hydrogen-bond donors (Lipinski definition) is 1. The van der Waals surface area contributed by atoms with Gasteiger partial charge in [-0.3, -0.25) is 0 Å². The van der Waals surface area contributed by atoms with Gasteiger partial charge in [-0.1, -0.05) is 6.92 Å². The zero-order chi connectivity index (χ0) is 10.9. The summed E-state index contributed by atoms with van der Waals surface area (Å²) in [5, 5.41) is 3.48. The Balaban J connectivity index is 1.94. The summed E-state index contributed by atoms with van der Waals surface area (Å²) in [4.78, 5) is 2.54. The maximum atomic E-state index is 5.29. The molecule has 1 heterocycles. The molecular formula is C12H26N2O. The number of nitrogens with one attached hydrogen (secondary N) is 1. The van der Waals surface area contributed by atoms with Crippen LogP contribution in [0.2, 0.25) is 0 Å². The fourth-order valence-corrected chi connectivity index (χ4v) is 2.10. The largest absolute Gasteiger partial charge is 0.380 e. The van der Waals surface area contributed by atoms with Crippen LogP contribution in [0.25, 0.3) is 0 Å². The molecule has 0 spiro atoms. The molecule has 0 unspecified atom stereocenters. The summed E-state index contributed by atoms with van der Waals surface area (Å²) in [6.45, 7) is 11.9. The van der Waals surface area contributed by atoms with Crippen molar-refractivity contribution in [1.29, 1.82) is 0 Å². The van der Waals surface area contributed by atoms with Crippen molar-refractivity contribution >= 4 is 0 Å². The van der Waals surface area contributed by atoms with Crippen LogP contribution in [0.15, 0.2) is 0 Å². The molecule has 0 bridgehead atoms. The first-order valence-corrected chi connectivity index (χ1v) is 6.37. The standard InChI is InChI=1S/C12H26N2O/c1-3-14-8-5-12(6-9-14)11-13-7-10-15-4-2/h12-13H,3-11H2,1-2H3. The van der Waals surface area contributed by atoms with Gasteiger partial charge in [0.1, 0.15) is 0 Å². The minimum Gasteiger partial charge on any atom is -0.380 e. The van der Waals surface area contributed by atoms with Gasteiger partial charge in [0, 0.05) is 13.2 Å². The highest BCUT2D eigenvalue weighted by Crippen LogP contribution is 2.15. The van der Waals surface area contributed by atoms with Crippen molar-refractivity contribution in [1.82, 2.24) is 10.2 Å². The quantitative estimate of drug-likeness (QED) is 0.647. The van der Waals surface area contributed by atoms with Crippen molar-refractivity contribution in [2.45, 2.75) is 26.7 Å². The molecule has 1 saturated heterocycles. The molecule has 0 aromatic heterocycles. The minimum absolute atomic E-state index is 0.830. The van der Waals surface area contributed by atoms with Crippen LogP contribution in [0, 0.1) is 5.92 Å². The van der Waals surface area contributed by atoms with Gasteiger partial charge in [0.05, 0.1) is 6.61 Å². The highest BCUT2D eigenvalue weighted by molar-refractivity contribution is 4.72.